The maximum absolute atomic E-state index is 14.1. The first-order chi connectivity index (χ1) is 18.9. The summed E-state index contributed by atoms with van der Waals surface area (Å²) in [5.74, 6) is -0.796. The van der Waals surface area contributed by atoms with Crippen LogP contribution in [0.15, 0.2) is 48.5 Å². The van der Waals surface area contributed by atoms with Crippen molar-refractivity contribution >= 4 is 11.8 Å². The Balaban J connectivity index is 1.35. The van der Waals surface area contributed by atoms with Crippen LogP contribution in [0.2, 0.25) is 0 Å². The Kier molecular flexibility index (Phi) is 8.39. The van der Waals surface area contributed by atoms with Gasteiger partial charge in [0.2, 0.25) is 5.88 Å². The van der Waals surface area contributed by atoms with Crippen molar-refractivity contribution in [3.05, 3.63) is 71.3 Å². The van der Waals surface area contributed by atoms with E-state index in [0.717, 1.165) is 11.8 Å². The lowest BCUT2D eigenvalue weighted by atomic mass is 9.94. The van der Waals surface area contributed by atoms with Gasteiger partial charge < -0.3 is 19.5 Å². The maximum Gasteiger partial charge on any atom is 0.320 e. The number of nitrogens with zero attached hydrogens (tertiary/aromatic N) is 3. The molecule has 2 amide bonds. The number of anilines is 1. The lowest BCUT2D eigenvalue weighted by Gasteiger charge is -2.25. The van der Waals surface area contributed by atoms with Crippen molar-refractivity contribution < 1.29 is 27.8 Å². The minimum Gasteiger partial charge on any atom is -0.476 e. The molecular formula is C28H33F2N5O4. The summed E-state index contributed by atoms with van der Waals surface area (Å²) in [6, 6.07) is 12.6. The van der Waals surface area contributed by atoms with Crippen LogP contribution in [0.3, 0.4) is 0 Å². The minimum absolute atomic E-state index is 0.230. The molecule has 2 N–H and O–H groups in total. The molecule has 2 atom stereocenters. The summed E-state index contributed by atoms with van der Waals surface area (Å²) in [5.41, 5.74) is 2.09. The Labute approximate surface area is 226 Å². The average Bonchev–Trinajstić information content (AvgIpc) is 3.44. The van der Waals surface area contributed by atoms with E-state index in [0.29, 0.717) is 74.8 Å². The van der Waals surface area contributed by atoms with Gasteiger partial charge in [-0.15, -0.1) is 5.10 Å². The summed E-state index contributed by atoms with van der Waals surface area (Å²) in [7, 11) is 1.63. The van der Waals surface area contributed by atoms with Gasteiger partial charge in [0.15, 0.2) is 11.6 Å². The van der Waals surface area contributed by atoms with Crippen molar-refractivity contribution in [2.75, 3.05) is 58.5 Å². The molecule has 3 heterocycles. The fourth-order valence-corrected chi connectivity index (χ4v) is 4.92. The molecule has 0 spiro atoms. The molecule has 0 saturated carbocycles. The number of nitrogens with one attached hydrogen (secondary N) is 2. The Morgan fingerprint density at radius 3 is 2.62 bits per heavy atom. The summed E-state index contributed by atoms with van der Waals surface area (Å²) >= 11 is 0. The van der Waals surface area contributed by atoms with Crippen LogP contribution in [0.4, 0.5) is 19.4 Å². The first-order valence-electron chi connectivity index (χ1n) is 13.0. The average molecular weight is 542 g/mol. The number of carbonyl (C=O) groups excluding carboxylic acids is 1. The molecule has 2 aliphatic rings. The Morgan fingerprint density at radius 2 is 1.92 bits per heavy atom. The zero-order valence-electron chi connectivity index (χ0n) is 22.0. The second kappa shape index (κ2) is 12.1. The number of para-hydroxylation sites is 1. The predicted molar refractivity (Wildman–Crippen MR) is 141 cm³/mol. The highest BCUT2D eigenvalue weighted by Gasteiger charge is 2.35. The molecular weight excluding hydrogens is 508 g/mol. The zero-order chi connectivity index (χ0) is 27.4. The number of urea groups is 1. The normalized spacial score (nSPS) is 19.6. The van der Waals surface area contributed by atoms with E-state index in [1.165, 1.54) is 6.07 Å². The van der Waals surface area contributed by atoms with Crippen LogP contribution in [0.25, 0.3) is 5.69 Å². The van der Waals surface area contributed by atoms with Gasteiger partial charge in [-0.1, -0.05) is 24.3 Å². The van der Waals surface area contributed by atoms with Crippen molar-refractivity contribution in [3.63, 3.8) is 0 Å². The third-order valence-corrected chi connectivity index (χ3v) is 7.17. The highest BCUT2D eigenvalue weighted by molar-refractivity contribution is 5.90. The lowest BCUT2D eigenvalue weighted by molar-refractivity contribution is -0.0515. The fraction of sp³-hybridized carbons (Fsp3) is 0.429. The van der Waals surface area contributed by atoms with E-state index in [1.54, 1.807) is 17.9 Å². The molecule has 3 aromatic rings. The number of rotatable bonds is 10. The van der Waals surface area contributed by atoms with Crippen LogP contribution in [0.5, 0.6) is 5.88 Å². The van der Waals surface area contributed by atoms with Crippen LogP contribution in [0, 0.1) is 24.5 Å². The summed E-state index contributed by atoms with van der Waals surface area (Å²) in [4.78, 5) is 15.5. The number of halogens is 2. The van der Waals surface area contributed by atoms with Gasteiger partial charge in [0.05, 0.1) is 43.7 Å². The van der Waals surface area contributed by atoms with Crippen LogP contribution < -0.4 is 15.4 Å². The predicted octanol–water partition coefficient (Wildman–Crippen LogP) is 3.72. The van der Waals surface area contributed by atoms with E-state index in [1.807, 2.05) is 37.3 Å². The summed E-state index contributed by atoms with van der Waals surface area (Å²) in [6.45, 7) is 5.94. The second-order valence-corrected chi connectivity index (χ2v) is 9.98. The van der Waals surface area contributed by atoms with E-state index < -0.39 is 17.7 Å². The Bertz CT molecular complexity index is 1280. The van der Waals surface area contributed by atoms with Gasteiger partial charge in [0.1, 0.15) is 5.82 Å². The molecule has 1 aromatic heterocycles. The standard InChI is InChI=1S/C28H33F2N5O4/c1-18-26(35(21-6-4-3-5-7-21)33-27(18)39-17-19-15-38-16-19)32-28(36)31-25-14-34(10-11-37-2)13-22(25)20-8-9-23(29)24(30)12-20/h3-9,12,19,22,25H,10-11,13-17H2,1-2H3,(H2,31,32,36)/t22-,25+/m0/s1. The smallest absolute Gasteiger partial charge is 0.320 e. The third kappa shape index (κ3) is 6.21. The van der Waals surface area contributed by atoms with Gasteiger partial charge in [-0.3, -0.25) is 10.2 Å². The Morgan fingerprint density at radius 1 is 1.13 bits per heavy atom. The number of aromatic nitrogens is 2. The Hall–Kier alpha value is -3.54. The molecule has 0 aliphatic carbocycles. The molecule has 2 aliphatic heterocycles. The van der Waals surface area contributed by atoms with Gasteiger partial charge in [0, 0.05) is 38.6 Å². The van der Waals surface area contributed by atoms with Crippen molar-refractivity contribution in [3.8, 4) is 11.6 Å². The SMILES string of the molecule is COCCN1C[C@@H](NC(=O)Nc2c(C)c(OCC3COC3)nn2-c2ccccc2)[C@H](c2ccc(F)c(F)c2)C1. The molecule has 2 fully saturated rings. The minimum atomic E-state index is -0.908. The molecule has 5 rings (SSSR count). The quantitative estimate of drug-likeness (QED) is 0.407. The zero-order valence-corrected chi connectivity index (χ0v) is 22.0. The summed E-state index contributed by atoms with van der Waals surface area (Å²) in [5, 5.41) is 10.6. The molecule has 11 heteroatoms. The number of hydrogen-bond acceptors (Lipinski definition) is 6. The van der Waals surface area contributed by atoms with E-state index >= 15 is 0 Å². The van der Waals surface area contributed by atoms with Crippen LogP contribution in [-0.4, -0.2) is 79.9 Å². The number of ether oxygens (including phenoxy) is 3. The molecule has 208 valence electrons. The first-order valence-corrected chi connectivity index (χ1v) is 13.0. The lowest BCUT2D eigenvalue weighted by Crippen LogP contribution is -2.42. The highest BCUT2D eigenvalue weighted by Crippen LogP contribution is 2.31. The second-order valence-electron chi connectivity index (χ2n) is 9.98. The topological polar surface area (TPSA) is 89.9 Å². The van der Waals surface area contributed by atoms with Gasteiger partial charge in [-0.2, -0.15) is 0 Å². The molecule has 2 aromatic carbocycles. The number of hydrogen-bond donors (Lipinski definition) is 2. The molecule has 0 unspecified atom stereocenters. The monoisotopic (exact) mass is 541 g/mol. The number of carbonyl (C=O) groups is 1. The fourth-order valence-electron chi connectivity index (χ4n) is 4.92. The van der Waals surface area contributed by atoms with E-state index in [2.05, 4.69) is 20.6 Å². The molecule has 39 heavy (non-hydrogen) atoms. The first kappa shape index (κ1) is 27.0. The number of benzene rings is 2. The largest absolute Gasteiger partial charge is 0.476 e. The van der Waals surface area contributed by atoms with Crippen LogP contribution >= 0.6 is 0 Å². The maximum atomic E-state index is 14.1. The number of likely N-dealkylation sites (tertiary alicyclic amines) is 1. The molecule has 0 bridgehead atoms. The van der Waals surface area contributed by atoms with Crippen molar-refractivity contribution in [2.45, 2.75) is 18.9 Å². The summed E-state index contributed by atoms with van der Waals surface area (Å²) < 4.78 is 45.7. The molecule has 9 nitrogen and oxygen atoms in total. The van der Waals surface area contributed by atoms with Gasteiger partial charge >= 0.3 is 6.03 Å². The van der Waals surface area contributed by atoms with Crippen LogP contribution in [-0.2, 0) is 9.47 Å². The third-order valence-electron chi connectivity index (χ3n) is 7.17. The van der Waals surface area contributed by atoms with E-state index in [-0.39, 0.29) is 12.0 Å². The van der Waals surface area contributed by atoms with Gasteiger partial charge in [-0.05, 0) is 36.8 Å². The number of amides is 2. The number of methoxy groups -OCH3 is 1. The van der Waals surface area contributed by atoms with Crippen LogP contribution in [0.1, 0.15) is 17.0 Å². The van der Waals surface area contributed by atoms with Gasteiger partial charge in [0.25, 0.3) is 0 Å². The summed E-state index contributed by atoms with van der Waals surface area (Å²) in [6.07, 6.45) is 0. The van der Waals surface area contributed by atoms with Crippen molar-refractivity contribution in [1.29, 1.82) is 0 Å². The van der Waals surface area contributed by atoms with Crippen molar-refractivity contribution in [2.24, 2.45) is 5.92 Å². The van der Waals surface area contributed by atoms with E-state index in [9.17, 15) is 13.6 Å². The van der Waals surface area contributed by atoms with Crippen molar-refractivity contribution in [1.82, 2.24) is 20.0 Å². The van der Waals surface area contributed by atoms with E-state index in [4.69, 9.17) is 14.2 Å². The highest BCUT2D eigenvalue weighted by atomic mass is 19.2. The molecule has 2 saturated heterocycles. The molecule has 0 radical (unpaired) electrons. The van der Waals surface area contributed by atoms with Gasteiger partial charge in [-0.25, -0.2) is 18.3 Å².